The molecule has 0 atom stereocenters. The lowest BCUT2D eigenvalue weighted by atomic mass is 10.4. The minimum Gasteiger partial charge on any atom is -0.494 e. The second-order valence-electron chi connectivity index (χ2n) is 2.12. The van der Waals surface area contributed by atoms with E-state index >= 15 is 0 Å². The van der Waals surface area contributed by atoms with Crippen molar-refractivity contribution in [3.05, 3.63) is 24.5 Å². The Morgan fingerprint density at radius 1 is 1.91 bits per heavy atom. The van der Waals surface area contributed by atoms with Gasteiger partial charge in [-0.2, -0.15) is 0 Å². The molecule has 0 amide bonds. The highest BCUT2D eigenvalue weighted by Gasteiger charge is 2.06. The zero-order chi connectivity index (χ0) is 8.10. The van der Waals surface area contributed by atoms with Crippen LogP contribution >= 0.6 is 0 Å². The monoisotopic (exact) mass is 154 g/mol. The summed E-state index contributed by atoms with van der Waals surface area (Å²) in [6.07, 6.45) is 3.95. The third kappa shape index (κ3) is 2.45. The van der Waals surface area contributed by atoms with Gasteiger partial charge in [0.25, 0.3) is 0 Å². The predicted molar refractivity (Wildman–Crippen MR) is 39.8 cm³/mol. The molecule has 1 aliphatic heterocycles. The molecule has 0 saturated carbocycles. The molecule has 0 aromatic rings. The van der Waals surface area contributed by atoms with Gasteiger partial charge in [-0.15, -0.1) is 0 Å². The van der Waals surface area contributed by atoms with Crippen molar-refractivity contribution in [3.63, 3.8) is 0 Å². The maximum atomic E-state index is 10.5. The van der Waals surface area contributed by atoms with E-state index < -0.39 is 5.97 Å². The molecule has 11 heavy (non-hydrogen) atoms. The Morgan fingerprint density at radius 3 is 3.27 bits per heavy atom. The highest BCUT2D eigenvalue weighted by atomic mass is 16.6. The molecule has 0 bridgehead atoms. The van der Waals surface area contributed by atoms with Crippen LogP contribution in [-0.2, 0) is 14.3 Å². The number of hydrogen-bond donors (Lipinski definition) is 0. The minimum absolute atomic E-state index is 0.227. The lowest BCUT2D eigenvalue weighted by Gasteiger charge is -2.02. The van der Waals surface area contributed by atoms with E-state index in [0.717, 1.165) is 18.3 Å². The van der Waals surface area contributed by atoms with Gasteiger partial charge in [0.1, 0.15) is 12.4 Å². The van der Waals surface area contributed by atoms with Crippen LogP contribution < -0.4 is 0 Å². The Bertz CT molecular complexity index is 194. The first-order chi connectivity index (χ1) is 5.33. The molecule has 3 heteroatoms. The van der Waals surface area contributed by atoms with Crippen molar-refractivity contribution in [1.29, 1.82) is 0 Å². The zero-order valence-electron chi connectivity index (χ0n) is 6.21. The van der Waals surface area contributed by atoms with Gasteiger partial charge in [-0.25, -0.2) is 4.79 Å². The van der Waals surface area contributed by atoms with E-state index in [-0.39, 0.29) is 6.61 Å². The Labute approximate surface area is 65.3 Å². The van der Waals surface area contributed by atoms with Crippen LogP contribution in [0.3, 0.4) is 0 Å². The van der Waals surface area contributed by atoms with E-state index in [4.69, 9.17) is 9.47 Å². The zero-order valence-corrected chi connectivity index (χ0v) is 6.21. The first-order valence-electron chi connectivity index (χ1n) is 3.44. The summed E-state index contributed by atoms with van der Waals surface area (Å²) in [5, 5.41) is 0. The Hall–Kier alpha value is -1.25. The summed E-state index contributed by atoms with van der Waals surface area (Å²) in [7, 11) is 0. The Balaban J connectivity index is 2.21. The van der Waals surface area contributed by atoms with E-state index in [0.29, 0.717) is 6.61 Å². The number of rotatable bonds is 3. The van der Waals surface area contributed by atoms with Crippen molar-refractivity contribution in [3.8, 4) is 0 Å². The molecule has 60 valence electrons. The third-order valence-electron chi connectivity index (χ3n) is 1.30. The van der Waals surface area contributed by atoms with E-state index in [9.17, 15) is 4.79 Å². The Morgan fingerprint density at radius 2 is 2.73 bits per heavy atom. The molecule has 1 heterocycles. The smallest absolute Gasteiger partial charge is 0.330 e. The molecule has 1 aliphatic rings. The number of carbonyl (C=O) groups excluding carboxylic acids is 1. The first-order valence-corrected chi connectivity index (χ1v) is 3.44. The minimum atomic E-state index is -0.415. The van der Waals surface area contributed by atoms with Crippen LogP contribution in [0.15, 0.2) is 24.5 Å². The quantitative estimate of drug-likeness (QED) is 0.449. The van der Waals surface area contributed by atoms with Crippen molar-refractivity contribution in [2.75, 3.05) is 13.2 Å². The molecular weight excluding hydrogens is 144 g/mol. The van der Waals surface area contributed by atoms with Gasteiger partial charge >= 0.3 is 5.97 Å². The van der Waals surface area contributed by atoms with Gasteiger partial charge in [0, 0.05) is 12.5 Å². The van der Waals surface area contributed by atoms with E-state index in [1.54, 1.807) is 0 Å². The average molecular weight is 154 g/mol. The van der Waals surface area contributed by atoms with Gasteiger partial charge in [-0.3, -0.25) is 0 Å². The lowest BCUT2D eigenvalue weighted by Crippen LogP contribution is -2.04. The van der Waals surface area contributed by atoms with E-state index in [1.807, 2.05) is 6.08 Å². The first kappa shape index (κ1) is 7.85. The molecule has 0 radical (unpaired) electrons. The van der Waals surface area contributed by atoms with E-state index in [1.165, 1.54) is 0 Å². The van der Waals surface area contributed by atoms with Gasteiger partial charge in [-0.1, -0.05) is 6.58 Å². The normalized spacial score (nSPS) is 15.1. The summed E-state index contributed by atoms with van der Waals surface area (Å²) >= 11 is 0. The van der Waals surface area contributed by atoms with Gasteiger partial charge in [0.05, 0.1) is 6.61 Å². The Kier molecular flexibility index (Phi) is 2.72. The van der Waals surface area contributed by atoms with E-state index in [2.05, 4.69) is 6.58 Å². The van der Waals surface area contributed by atoms with Gasteiger partial charge in [-0.05, 0) is 6.08 Å². The number of carbonyl (C=O) groups is 1. The van der Waals surface area contributed by atoms with Crippen molar-refractivity contribution >= 4 is 5.97 Å². The molecule has 0 unspecified atom stereocenters. The summed E-state index contributed by atoms with van der Waals surface area (Å²) in [5.41, 5.74) is 0. The van der Waals surface area contributed by atoms with Crippen LogP contribution in [0.4, 0.5) is 0 Å². The van der Waals surface area contributed by atoms with Crippen molar-refractivity contribution in [1.82, 2.24) is 0 Å². The largest absolute Gasteiger partial charge is 0.494 e. The SMILES string of the molecule is C=CC(=O)OCC1=CCCO1. The average Bonchev–Trinajstić information content (AvgIpc) is 2.52. The molecular formula is C8H10O3. The molecule has 3 nitrogen and oxygen atoms in total. The lowest BCUT2D eigenvalue weighted by molar-refractivity contribution is -0.137. The fourth-order valence-electron chi connectivity index (χ4n) is 0.771. The van der Waals surface area contributed by atoms with Crippen molar-refractivity contribution in [2.24, 2.45) is 0 Å². The summed E-state index contributed by atoms with van der Waals surface area (Å²) in [5.74, 6) is 0.321. The van der Waals surface area contributed by atoms with Crippen LogP contribution in [0.5, 0.6) is 0 Å². The molecule has 0 aromatic carbocycles. The highest BCUT2D eigenvalue weighted by Crippen LogP contribution is 2.08. The van der Waals surface area contributed by atoms with Crippen molar-refractivity contribution in [2.45, 2.75) is 6.42 Å². The summed E-state index contributed by atoms with van der Waals surface area (Å²) in [6.45, 7) is 4.19. The maximum absolute atomic E-state index is 10.5. The molecule has 0 fully saturated rings. The van der Waals surface area contributed by atoms with Crippen LogP contribution in [0.1, 0.15) is 6.42 Å². The standard InChI is InChI=1S/C8H10O3/c1-2-8(9)11-6-7-4-3-5-10-7/h2,4H,1,3,5-6H2. The topological polar surface area (TPSA) is 35.5 Å². The molecule has 0 N–H and O–H groups in total. The molecule has 0 spiro atoms. The van der Waals surface area contributed by atoms with Gasteiger partial charge in [0.2, 0.25) is 0 Å². The molecule has 1 rings (SSSR count). The van der Waals surface area contributed by atoms with Crippen molar-refractivity contribution < 1.29 is 14.3 Å². The number of hydrogen-bond acceptors (Lipinski definition) is 3. The van der Waals surface area contributed by atoms with Crippen LogP contribution in [-0.4, -0.2) is 19.2 Å². The second kappa shape index (κ2) is 3.81. The highest BCUT2D eigenvalue weighted by molar-refractivity contribution is 5.81. The fourth-order valence-corrected chi connectivity index (χ4v) is 0.771. The van der Waals surface area contributed by atoms with Gasteiger partial charge < -0.3 is 9.47 Å². The number of ether oxygens (including phenoxy) is 2. The second-order valence-corrected chi connectivity index (χ2v) is 2.12. The fraction of sp³-hybridized carbons (Fsp3) is 0.375. The van der Waals surface area contributed by atoms with Crippen LogP contribution in [0, 0.1) is 0 Å². The summed E-state index contributed by atoms with van der Waals surface area (Å²) < 4.78 is 9.82. The van der Waals surface area contributed by atoms with Gasteiger partial charge in [0.15, 0.2) is 0 Å². The maximum Gasteiger partial charge on any atom is 0.330 e. The number of esters is 1. The third-order valence-corrected chi connectivity index (χ3v) is 1.30. The molecule has 0 saturated heterocycles. The van der Waals surface area contributed by atoms with Crippen LogP contribution in [0.2, 0.25) is 0 Å². The summed E-state index contributed by atoms with van der Waals surface area (Å²) in [6, 6.07) is 0. The van der Waals surface area contributed by atoms with Crippen LogP contribution in [0.25, 0.3) is 0 Å². The molecule has 0 aromatic heterocycles. The summed E-state index contributed by atoms with van der Waals surface area (Å²) in [4.78, 5) is 10.5. The predicted octanol–water partition coefficient (Wildman–Crippen LogP) is 1.02. The molecule has 0 aliphatic carbocycles.